The molecule has 0 atom stereocenters. The highest BCUT2D eigenvalue weighted by atomic mass is 15.1. The van der Waals surface area contributed by atoms with Crippen molar-refractivity contribution in [2.24, 2.45) is 0 Å². The van der Waals surface area contributed by atoms with Gasteiger partial charge in [-0.1, -0.05) is 18.2 Å². The molecule has 0 spiro atoms. The minimum absolute atomic E-state index is 0.779. The van der Waals surface area contributed by atoms with Crippen molar-refractivity contribution in [1.29, 1.82) is 5.26 Å². The van der Waals surface area contributed by atoms with E-state index in [9.17, 15) is 0 Å². The fraction of sp³-hybridized carbons (Fsp3) is 0.500. The van der Waals surface area contributed by atoms with Crippen LogP contribution in [0.15, 0.2) is 24.3 Å². The molecule has 1 aromatic carbocycles. The molecule has 17 heavy (non-hydrogen) atoms. The van der Waals surface area contributed by atoms with Gasteiger partial charge in [0.15, 0.2) is 0 Å². The molecule has 1 saturated heterocycles. The lowest BCUT2D eigenvalue weighted by atomic mass is 10.1. The lowest BCUT2D eigenvalue weighted by molar-refractivity contribution is 0.335. The number of nitrogens with one attached hydrogen (secondary N) is 1. The van der Waals surface area contributed by atoms with Crippen molar-refractivity contribution in [3.63, 3.8) is 0 Å². The quantitative estimate of drug-likeness (QED) is 0.782. The number of rotatable bonds is 5. The molecule has 2 rings (SSSR count). The first-order chi connectivity index (χ1) is 8.40. The van der Waals surface area contributed by atoms with Gasteiger partial charge in [-0.05, 0) is 37.6 Å². The fourth-order valence-electron chi connectivity index (χ4n) is 2.25. The van der Waals surface area contributed by atoms with Gasteiger partial charge in [-0.2, -0.15) is 5.26 Å². The van der Waals surface area contributed by atoms with Crippen LogP contribution in [0.1, 0.15) is 24.0 Å². The summed E-state index contributed by atoms with van der Waals surface area (Å²) in [6, 6.07) is 10.0. The fourth-order valence-corrected chi connectivity index (χ4v) is 2.25. The number of nitrogens with zero attached hydrogens (tertiary/aromatic N) is 2. The van der Waals surface area contributed by atoms with Gasteiger partial charge in [0, 0.05) is 19.6 Å². The van der Waals surface area contributed by atoms with Crippen molar-refractivity contribution in [3.8, 4) is 6.07 Å². The van der Waals surface area contributed by atoms with Crippen LogP contribution in [0.2, 0.25) is 0 Å². The predicted octanol–water partition coefficient (Wildman–Crippen LogP) is 1.74. The third kappa shape index (κ3) is 3.55. The van der Waals surface area contributed by atoms with Crippen LogP contribution >= 0.6 is 0 Å². The third-order valence-electron chi connectivity index (χ3n) is 3.26. The molecule has 0 aliphatic carbocycles. The largest absolute Gasteiger partial charge is 0.311 e. The van der Waals surface area contributed by atoms with Crippen LogP contribution in [-0.2, 0) is 6.54 Å². The Bertz CT molecular complexity index is 389. The topological polar surface area (TPSA) is 39.1 Å². The zero-order valence-electron chi connectivity index (χ0n) is 10.2. The van der Waals surface area contributed by atoms with Gasteiger partial charge < -0.3 is 10.2 Å². The van der Waals surface area contributed by atoms with Crippen molar-refractivity contribution in [2.45, 2.75) is 19.4 Å². The highest BCUT2D eigenvalue weighted by Gasteiger charge is 2.10. The Morgan fingerprint density at radius 3 is 2.76 bits per heavy atom. The van der Waals surface area contributed by atoms with Crippen molar-refractivity contribution >= 4 is 0 Å². The number of likely N-dealkylation sites (tertiary alicyclic amines) is 1. The molecular formula is C14H19N3. The summed E-state index contributed by atoms with van der Waals surface area (Å²) < 4.78 is 0. The SMILES string of the molecule is N#Cc1ccccc1CNCCN1CCCC1. The highest BCUT2D eigenvalue weighted by Crippen LogP contribution is 2.07. The van der Waals surface area contributed by atoms with Crippen molar-refractivity contribution < 1.29 is 0 Å². The summed E-state index contributed by atoms with van der Waals surface area (Å²) >= 11 is 0. The standard InChI is InChI=1S/C14H19N3/c15-11-13-5-1-2-6-14(13)12-16-7-10-17-8-3-4-9-17/h1-2,5-6,16H,3-4,7-10,12H2. The number of nitriles is 1. The van der Waals surface area contributed by atoms with Gasteiger partial charge in [0.1, 0.15) is 0 Å². The minimum Gasteiger partial charge on any atom is -0.311 e. The third-order valence-corrected chi connectivity index (χ3v) is 3.26. The molecule has 1 aliphatic heterocycles. The van der Waals surface area contributed by atoms with Crippen LogP contribution < -0.4 is 5.32 Å². The number of hydrogen-bond donors (Lipinski definition) is 1. The maximum absolute atomic E-state index is 8.96. The molecule has 3 nitrogen and oxygen atoms in total. The van der Waals surface area contributed by atoms with Crippen LogP contribution in [0.25, 0.3) is 0 Å². The molecular weight excluding hydrogens is 210 g/mol. The Kier molecular flexibility index (Phi) is 4.54. The van der Waals surface area contributed by atoms with Crippen molar-refractivity contribution in [1.82, 2.24) is 10.2 Å². The zero-order valence-corrected chi connectivity index (χ0v) is 10.2. The van der Waals surface area contributed by atoms with E-state index in [1.54, 1.807) is 0 Å². The lowest BCUT2D eigenvalue weighted by Gasteiger charge is -2.14. The molecule has 0 amide bonds. The van der Waals surface area contributed by atoms with E-state index in [0.29, 0.717) is 0 Å². The predicted molar refractivity (Wildman–Crippen MR) is 68.5 cm³/mol. The molecule has 0 bridgehead atoms. The van der Waals surface area contributed by atoms with E-state index in [2.05, 4.69) is 16.3 Å². The Morgan fingerprint density at radius 1 is 1.24 bits per heavy atom. The number of hydrogen-bond acceptors (Lipinski definition) is 3. The molecule has 90 valence electrons. The van der Waals surface area contributed by atoms with E-state index in [1.807, 2.05) is 24.3 Å². The Morgan fingerprint density at radius 2 is 2.00 bits per heavy atom. The number of benzene rings is 1. The smallest absolute Gasteiger partial charge is 0.0995 e. The van der Waals surface area contributed by atoms with E-state index in [1.165, 1.54) is 25.9 Å². The Labute approximate surface area is 103 Å². The second-order valence-corrected chi connectivity index (χ2v) is 4.49. The molecule has 1 heterocycles. The summed E-state index contributed by atoms with van der Waals surface area (Å²) in [5, 5.41) is 12.4. The second-order valence-electron chi connectivity index (χ2n) is 4.49. The molecule has 0 saturated carbocycles. The molecule has 3 heteroatoms. The van der Waals surface area contributed by atoms with E-state index < -0.39 is 0 Å². The lowest BCUT2D eigenvalue weighted by Crippen LogP contribution is -2.29. The van der Waals surface area contributed by atoms with Crippen LogP contribution in [0, 0.1) is 11.3 Å². The molecule has 0 radical (unpaired) electrons. The normalized spacial score (nSPS) is 15.9. The van der Waals surface area contributed by atoms with E-state index in [4.69, 9.17) is 5.26 Å². The van der Waals surface area contributed by atoms with Gasteiger partial charge in [-0.3, -0.25) is 0 Å². The van der Waals surface area contributed by atoms with Gasteiger partial charge >= 0.3 is 0 Å². The molecule has 0 unspecified atom stereocenters. The summed E-state index contributed by atoms with van der Waals surface area (Å²) in [6.07, 6.45) is 2.69. The van der Waals surface area contributed by atoms with Gasteiger partial charge in [0.2, 0.25) is 0 Å². The van der Waals surface area contributed by atoms with E-state index in [-0.39, 0.29) is 0 Å². The van der Waals surface area contributed by atoms with E-state index >= 15 is 0 Å². The maximum atomic E-state index is 8.96. The first kappa shape index (κ1) is 12.1. The summed E-state index contributed by atoms with van der Waals surface area (Å²) in [7, 11) is 0. The average molecular weight is 229 g/mol. The zero-order chi connectivity index (χ0) is 11.9. The Balaban J connectivity index is 1.72. The van der Waals surface area contributed by atoms with Crippen molar-refractivity contribution in [3.05, 3.63) is 35.4 Å². The summed E-state index contributed by atoms with van der Waals surface area (Å²) in [6.45, 7) is 5.40. The van der Waals surface area contributed by atoms with Crippen LogP contribution in [0.3, 0.4) is 0 Å². The highest BCUT2D eigenvalue weighted by molar-refractivity contribution is 5.37. The van der Waals surface area contributed by atoms with Crippen LogP contribution in [0.5, 0.6) is 0 Å². The maximum Gasteiger partial charge on any atom is 0.0995 e. The molecule has 1 aromatic rings. The van der Waals surface area contributed by atoms with Gasteiger partial charge in [0.05, 0.1) is 11.6 Å². The van der Waals surface area contributed by atoms with Crippen molar-refractivity contribution in [2.75, 3.05) is 26.2 Å². The van der Waals surface area contributed by atoms with Crippen LogP contribution in [-0.4, -0.2) is 31.1 Å². The summed E-state index contributed by atoms with van der Waals surface area (Å²) in [5.41, 5.74) is 1.87. The first-order valence-electron chi connectivity index (χ1n) is 6.31. The monoisotopic (exact) mass is 229 g/mol. The molecule has 0 aromatic heterocycles. The summed E-state index contributed by atoms with van der Waals surface area (Å²) in [4.78, 5) is 2.49. The Hall–Kier alpha value is -1.37. The summed E-state index contributed by atoms with van der Waals surface area (Å²) in [5.74, 6) is 0. The first-order valence-corrected chi connectivity index (χ1v) is 6.31. The average Bonchev–Trinajstić information content (AvgIpc) is 2.88. The van der Waals surface area contributed by atoms with Crippen LogP contribution in [0.4, 0.5) is 0 Å². The minimum atomic E-state index is 0.779. The molecule has 1 N–H and O–H groups in total. The van der Waals surface area contributed by atoms with Gasteiger partial charge in [-0.15, -0.1) is 0 Å². The molecule has 1 fully saturated rings. The van der Waals surface area contributed by atoms with Gasteiger partial charge in [-0.25, -0.2) is 0 Å². The van der Waals surface area contributed by atoms with Gasteiger partial charge in [0.25, 0.3) is 0 Å². The second kappa shape index (κ2) is 6.39. The molecule has 1 aliphatic rings. The van der Waals surface area contributed by atoms with E-state index in [0.717, 1.165) is 30.8 Å².